The quantitative estimate of drug-likeness (QED) is 0.351. The summed E-state index contributed by atoms with van der Waals surface area (Å²) in [5.41, 5.74) is 3.09. The van der Waals surface area contributed by atoms with Gasteiger partial charge in [-0.15, -0.1) is 0 Å². The monoisotopic (exact) mass is 605 g/mol. The molecule has 0 bridgehead atoms. The van der Waals surface area contributed by atoms with Crippen molar-refractivity contribution in [3.8, 4) is 6.01 Å². The highest BCUT2D eigenvalue weighted by atomic mass is 35.5. The SMILES string of the molecule is CN(C)C(=O)/C=C/C(=O)NCCN(C)c1nc(OC[C@@H]2CCCN2C)nc2c1CCN(c1cccc3cccc(Cl)c13)C2. The molecule has 5 rings (SSSR count). The summed E-state index contributed by atoms with van der Waals surface area (Å²) in [4.78, 5) is 41.9. The Morgan fingerprint density at radius 3 is 2.65 bits per heavy atom. The minimum absolute atomic E-state index is 0.240. The number of hydrogen-bond donors (Lipinski definition) is 1. The number of ether oxygens (including phenoxy) is 1. The standard InChI is InChI=1S/C32H40ClN7O3/c1-37(2)29(42)14-13-28(41)34-16-19-39(4)31-24-15-18-40(27-12-6-9-22-8-5-11-25(33)30(22)27)20-26(24)35-32(36-31)43-21-23-10-7-17-38(23)3/h5-6,8-9,11-14,23H,7,10,15-21H2,1-4H3,(H,34,41)/b14-13+/t23-/m0/s1. The van der Waals surface area contributed by atoms with Gasteiger partial charge in [0.15, 0.2) is 0 Å². The molecule has 2 aliphatic heterocycles. The van der Waals surface area contributed by atoms with Gasteiger partial charge in [-0.05, 0) is 50.4 Å². The number of hydrogen-bond acceptors (Lipinski definition) is 8. The molecule has 1 saturated heterocycles. The molecule has 0 radical (unpaired) electrons. The summed E-state index contributed by atoms with van der Waals surface area (Å²) in [5.74, 6) is 0.251. The zero-order valence-electron chi connectivity index (χ0n) is 25.3. The molecule has 1 fully saturated rings. The number of aromatic nitrogens is 2. The summed E-state index contributed by atoms with van der Waals surface area (Å²) in [6.45, 7) is 3.91. The van der Waals surface area contributed by atoms with Gasteiger partial charge in [-0.2, -0.15) is 9.97 Å². The Hall–Kier alpha value is -3.89. The molecule has 0 saturated carbocycles. The Balaban J connectivity index is 1.36. The van der Waals surface area contributed by atoms with Crippen LogP contribution in [0.1, 0.15) is 24.1 Å². The predicted molar refractivity (Wildman–Crippen MR) is 171 cm³/mol. The lowest BCUT2D eigenvalue weighted by Crippen LogP contribution is -2.36. The van der Waals surface area contributed by atoms with Crippen molar-refractivity contribution in [2.75, 3.05) is 70.8 Å². The summed E-state index contributed by atoms with van der Waals surface area (Å²) in [6, 6.07) is 13.0. The lowest BCUT2D eigenvalue weighted by atomic mass is 10.0. The lowest BCUT2D eigenvalue weighted by Gasteiger charge is -2.33. The van der Waals surface area contributed by atoms with Gasteiger partial charge >= 0.3 is 6.01 Å². The predicted octanol–water partition coefficient (Wildman–Crippen LogP) is 3.52. The molecule has 10 nitrogen and oxygen atoms in total. The molecule has 1 aromatic heterocycles. The number of rotatable bonds is 10. The van der Waals surface area contributed by atoms with Crippen LogP contribution in [0.4, 0.5) is 11.5 Å². The smallest absolute Gasteiger partial charge is 0.318 e. The van der Waals surface area contributed by atoms with Crippen LogP contribution in [-0.2, 0) is 22.6 Å². The molecule has 1 N–H and O–H groups in total. The van der Waals surface area contributed by atoms with E-state index in [2.05, 4.69) is 46.4 Å². The maximum absolute atomic E-state index is 12.2. The molecule has 0 unspecified atom stereocenters. The number of anilines is 2. The highest BCUT2D eigenvalue weighted by Gasteiger charge is 2.27. The maximum Gasteiger partial charge on any atom is 0.318 e. The van der Waals surface area contributed by atoms with E-state index in [4.69, 9.17) is 26.3 Å². The number of likely N-dealkylation sites (N-methyl/N-ethyl adjacent to an activating group) is 3. The molecule has 228 valence electrons. The van der Waals surface area contributed by atoms with Gasteiger partial charge in [0.1, 0.15) is 12.4 Å². The third-order valence-corrected chi connectivity index (χ3v) is 8.51. The van der Waals surface area contributed by atoms with E-state index >= 15 is 0 Å². The summed E-state index contributed by atoms with van der Waals surface area (Å²) in [6.07, 6.45) is 5.53. The average molecular weight is 606 g/mol. The third kappa shape index (κ3) is 7.19. The van der Waals surface area contributed by atoms with Crippen molar-refractivity contribution in [3.05, 3.63) is 64.8 Å². The van der Waals surface area contributed by atoms with Crippen LogP contribution in [-0.4, -0.2) is 98.6 Å². The van der Waals surface area contributed by atoms with Crippen molar-refractivity contribution >= 4 is 45.7 Å². The van der Waals surface area contributed by atoms with E-state index in [1.54, 1.807) is 14.1 Å². The number of halogens is 1. The minimum Gasteiger partial charge on any atom is -0.462 e. The van der Waals surface area contributed by atoms with Crippen LogP contribution < -0.4 is 19.9 Å². The molecule has 3 heterocycles. The number of nitrogens with one attached hydrogen (secondary N) is 1. The van der Waals surface area contributed by atoms with E-state index in [1.807, 2.05) is 24.1 Å². The van der Waals surface area contributed by atoms with Crippen LogP contribution in [0.5, 0.6) is 6.01 Å². The fourth-order valence-electron chi connectivity index (χ4n) is 5.68. The van der Waals surface area contributed by atoms with Crippen molar-refractivity contribution in [1.29, 1.82) is 0 Å². The molecule has 2 aliphatic rings. The molecular formula is C32H40ClN7O3. The summed E-state index contributed by atoms with van der Waals surface area (Å²) >= 11 is 6.67. The summed E-state index contributed by atoms with van der Waals surface area (Å²) < 4.78 is 6.22. The van der Waals surface area contributed by atoms with Crippen LogP contribution >= 0.6 is 11.6 Å². The Labute approximate surface area is 258 Å². The average Bonchev–Trinajstić information content (AvgIpc) is 3.42. The number of fused-ring (bicyclic) bond motifs is 2. The van der Waals surface area contributed by atoms with Crippen LogP contribution in [0, 0.1) is 0 Å². The Morgan fingerprint density at radius 1 is 1.12 bits per heavy atom. The van der Waals surface area contributed by atoms with Crippen molar-refractivity contribution in [3.63, 3.8) is 0 Å². The summed E-state index contributed by atoms with van der Waals surface area (Å²) in [7, 11) is 7.37. The zero-order chi connectivity index (χ0) is 30.5. The van der Waals surface area contributed by atoms with Gasteiger partial charge in [-0.3, -0.25) is 9.59 Å². The lowest BCUT2D eigenvalue weighted by molar-refractivity contribution is -0.124. The highest BCUT2D eigenvalue weighted by molar-refractivity contribution is 6.36. The normalized spacial score (nSPS) is 16.9. The Kier molecular flexibility index (Phi) is 9.67. The second kappa shape index (κ2) is 13.6. The minimum atomic E-state index is -0.317. The van der Waals surface area contributed by atoms with Gasteiger partial charge in [0.25, 0.3) is 0 Å². The highest BCUT2D eigenvalue weighted by Crippen LogP contribution is 2.36. The van der Waals surface area contributed by atoms with Gasteiger partial charge in [-0.25, -0.2) is 0 Å². The van der Waals surface area contributed by atoms with Crippen LogP contribution in [0.25, 0.3) is 10.8 Å². The van der Waals surface area contributed by atoms with Crippen LogP contribution in [0.3, 0.4) is 0 Å². The molecule has 0 spiro atoms. The molecule has 11 heteroatoms. The number of nitrogens with zero attached hydrogens (tertiary/aromatic N) is 6. The van der Waals surface area contributed by atoms with Gasteiger partial charge in [0.05, 0.1) is 17.3 Å². The van der Waals surface area contributed by atoms with Gasteiger partial charge < -0.3 is 29.7 Å². The van der Waals surface area contributed by atoms with E-state index in [1.165, 1.54) is 17.1 Å². The van der Waals surface area contributed by atoms with Gasteiger partial charge in [0, 0.05) is 75.6 Å². The first-order valence-electron chi connectivity index (χ1n) is 14.7. The van der Waals surface area contributed by atoms with Crippen LogP contribution in [0.2, 0.25) is 5.02 Å². The second-order valence-electron chi connectivity index (χ2n) is 11.4. The first-order chi connectivity index (χ1) is 20.7. The number of carbonyl (C=O) groups excluding carboxylic acids is 2. The largest absolute Gasteiger partial charge is 0.462 e. The molecule has 2 amide bonds. The molecule has 43 heavy (non-hydrogen) atoms. The maximum atomic E-state index is 12.2. The fourth-order valence-corrected chi connectivity index (χ4v) is 5.96. The van der Waals surface area contributed by atoms with Crippen molar-refractivity contribution in [2.45, 2.75) is 31.8 Å². The first-order valence-corrected chi connectivity index (χ1v) is 15.1. The van der Waals surface area contributed by atoms with Gasteiger partial charge in [-0.1, -0.05) is 35.9 Å². The number of carbonyl (C=O) groups is 2. The Bertz CT molecular complexity index is 1510. The second-order valence-corrected chi connectivity index (χ2v) is 11.8. The first kappa shape index (κ1) is 30.6. The molecule has 3 aromatic rings. The van der Waals surface area contributed by atoms with Crippen molar-refractivity contribution in [1.82, 2.24) is 25.1 Å². The topological polar surface area (TPSA) is 94.1 Å². The molecule has 2 aromatic carbocycles. The van der Waals surface area contributed by atoms with Gasteiger partial charge in [0.2, 0.25) is 11.8 Å². The molecule has 0 aliphatic carbocycles. The fraction of sp³-hybridized carbons (Fsp3) is 0.438. The molecular weight excluding hydrogens is 566 g/mol. The van der Waals surface area contributed by atoms with E-state index in [0.29, 0.717) is 38.3 Å². The van der Waals surface area contributed by atoms with E-state index in [9.17, 15) is 9.59 Å². The van der Waals surface area contributed by atoms with E-state index < -0.39 is 0 Å². The van der Waals surface area contributed by atoms with E-state index in [0.717, 1.165) is 70.9 Å². The van der Waals surface area contributed by atoms with Crippen molar-refractivity contribution < 1.29 is 14.3 Å². The van der Waals surface area contributed by atoms with E-state index in [-0.39, 0.29) is 11.8 Å². The number of amides is 2. The van der Waals surface area contributed by atoms with Crippen molar-refractivity contribution in [2.24, 2.45) is 0 Å². The number of benzene rings is 2. The van der Waals surface area contributed by atoms with Crippen LogP contribution in [0.15, 0.2) is 48.6 Å². The third-order valence-electron chi connectivity index (χ3n) is 8.20. The zero-order valence-corrected chi connectivity index (χ0v) is 26.1. The Morgan fingerprint density at radius 2 is 1.91 bits per heavy atom. The molecule has 1 atom stereocenters. The number of likely N-dealkylation sites (tertiary alicyclic amines) is 1. The summed E-state index contributed by atoms with van der Waals surface area (Å²) in [5, 5.41) is 5.73.